The molecule has 0 radical (unpaired) electrons. The predicted octanol–water partition coefficient (Wildman–Crippen LogP) is 2.87. The van der Waals surface area contributed by atoms with Crippen LogP contribution >= 0.6 is 15.9 Å². The largest absolute Gasteiger partial charge is 0.230 e. The molecule has 2 rings (SSSR count). The van der Waals surface area contributed by atoms with E-state index in [1.807, 2.05) is 30.3 Å². The van der Waals surface area contributed by atoms with E-state index < -0.39 is 0 Å². The van der Waals surface area contributed by atoms with Crippen molar-refractivity contribution in [2.45, 2.75) is 0 Å². The number of fused-ring (bicyclic) bond motifs is 1. The summed E-state index contributed by atoms with van der Waals surface area (Å²) in [6.07, 6.45) is 0. The fourth-order valence-corrected chi connectivity index (χ4v) is 1.68. The molecule has 0 aliphatic carbocycles. The SMILES string of the molecule is N#Cc1nc(Br)cc2ccccc12. The predicted molar refractivity (Wildman–Crippen MR) is 54.2 cm³/mol. The Kier molecular flexibility index (Phi) is 1.99. The molecule has 1 aromatic carbocycles. The minimum Gasteiger partial charge on any atom is -0.230 e. The van der Waals surface area contributed by atoms with Crippen LogP contribution in [0.3, 0.4) is 0 Å². The molecule has 3 heteroatoms. The Balaban J connectivity index is 2.91. The molecule has 62 valence electrons. The van der Waals surface area contributed by atoms with Crippen LogP contribution in [0.15, 0.2) is 34.9 Å². The number of benzene rings is 1. The number of hydrogen-bond donors (Lipinski definition) is 0. The zero-order chi connectivity index (χ0) is 9.26. The first kappa shape index (κ1) is 8.21. The van der Waals surface area contributed by atoms with E-state index in [2.05, 4.69) is 27.0 Å². The number of nitriles is 1. The quantitative estimate of drug-likeness (QED) is 0.656. The highest BCUT2D eigenvalue weighted by Crippen LogP contribution is 2.20. The van der Waals surface area contributed by atoms with Crippen LogP contribution in [0.2, 0.25) is 0 Å². The molecule has 0 spiro atoms. The highest BCUT2D eigenvalue weighted by Gasteiger charge is 2.02. The summed E-state index contributed by atoms with van der Waals surface area (Å²) >= 11 is 3.26. The van der Waals surface area contributed by atoms with E-state index in [-0.39, 0.29) is 0 Å². The summed E-state index contributed by atoms with van der Waals surface area (Å²) in [4.78, 5) is 4.08. The van der Waals surface area contributed by atoms with Crippen molar-refractivity contribution in [1.29, 1.82) is 5.26 Å². The van der Waals surface area contributed by atoms with Crippen LogP contribution in [0.5, 0.6) is 0 Å². The smallest absolute Gasteiger partial charge is 0.149 e. The summed E-state index contributed by atoms with van der Waals surface area (Å²) in [5, 5.41) is 10.8. The molecule has 0 atom stereocenters. The molecule has 13 heavy (non-hydrogen) atoms. The molecule has 0 N–H and O–H groups in total. The molecule has 2 nitrogen and oxygen atoms in total. The summed E-state index contributed by atoms with van der Waals surface area (Å²) in [6.45, 7) is 0. The minimum absolute atomic E-state index is 0.463. The van der Waals surface area contributed by atoms with Gasteiger partial charge in [0, 0.05) is 5.39 Å². The Morgan fingerprint density at radius 3 is 2.85 bits per heavy atom. The fourth-order valence-electron chi connectivity index (χ4n) is 1.25. The maximum absolute atomic E-state index is 8.83. The molecule has 2 aromatic rings. The van der Waals surface area contributed by atoms with Crippen LogP contribution in [0, 0.1) is 11.3 Å². The summed E-state index contributed by atoms with van der Waals surface area (Å²) in [7, 11) is 0. The van der Waals surface area contributed by atoms with Gasteiger partial charge in [-0.1, -0.05) is 24.3 Å². The first-order valence-corrected chi connectivity index (χ1v) is 4.56. The molecule has 0 aliphatic rings. The topological polar surface area (TPSA) is 36.7 Å². The number of pyridine rings is 1. The number of aromatic nitrogens is 1. The van der Waals surface area contributed by atoms with Gasteiger partial charge < -0.3 is 0 Å². The molecule has 0 amide bonds. The van der Waals surface area contributed by atoms with Crippen molar-refractivity contribution in [3.8, 4) is 6.07 Å². The van der Waals surface area contributed by atoms with E-state index in [1.54, 1.807) is 0 Å². The number of hydrogen-bond acceptors (Lipinski definition) is 2. The van der Waals surface area contributed by atoms with Crippen LogP contribution in [-0.2, 0) is 0 Å². The molecule has 0 aliphatic heterocycles. The molecule has 0 bridgehead atoms. The highest BCUT2D eigenvalue weighted by atomic mass is 79.9. The summed E-state index contributed by atoms with van der Waals surface area (Å²) in [5.74, 6) is 0. The average molecular weight is 233 g/mol. The van der Waals surface area contributed by atoms with Gasteiger partial charge in [0.1, 0.15) is 16.4 Å². The van der Waals surface area contributed by atoms with Gasteiger partial charge in [-0.25, -0.2) is 4.98 Å². The first-order valence-electron chi connectivity index (χ1n) is 3.76. The Bertz CT molecular complexity index is 500. The second-order valence-corrected chi connectivity index (χ2v) is 3.44. The normalized spacial score (nSPS) is 9.85. The zero-order valence-corrected chi connectivity index (χ0v) is 8.25. The Labute approximate surface area is 84.0 Å². The van der Waals surface area contributed by atoms with E-state index in [0.717, 1.165) is 10.8 Å². The second-order valence-electron chi connectivity index (χ2n) is 2.63. The van der Waals surface area contributed by atoms with Crippen molar-refractivity contribution in [2.24, 2.45) is 0 Å². The van der Waals surface area contributed by atoms with Crippen LogP contribution < -0.4 is 0 Å². The lowest BCUT2D eigenvalue weighted by Gasteiger charge is -1.99. The lowest BCUT2D eigenvalue weighted by molar-refractivity contribution is 1.25. The van der Waals surface area contributed by atoms with Crippen molar-refractivity contribution in [3.63, 3.8) is 0 Å². The lowest BCUT2D eigenvalue weighted by atomic mass is 10.1. The third kappa shape index (κ3) is 1.41. The van der Waals surface area contributed by atoms with Gasteiger partial charge >= 0.3 is 0 Å². The molecule has 0 unspecified atom stereocenters. The summed E-state index contributed by atoms with van der Waals surface area (Å²) < 4.78 is 0.697. The van der Waals surface area contributed by atoms with Gasteiger partial charge in [-0.3, -0.25) is 0 Å². The highest BCUT2D eigenvalue weighted by molar-refractivity contribution is 9.10. The zero-order valence-electron chi connectivity index (χ0n) is 6.66. The maximum atomic E-state index is 8.83. The van der Waals surface area contributed by atoms with Crippen molar-refractivity contribution >= 4 is 26.7 Å². The van der Waals surface area contributed by atoms with Gasteiger partial charge in [0.05, 0.1) is 0 Å². The third-order valence-electron chi connectivity index (χ3n) is 1.82. The molecule has 1 heterocycles. The number of nitrogens with zero attached hydrogens (tertiary/aromatic N) is 2. The molecule has 0 saturated carbocycles. The summed E-state index contributed by atoms with van der Waals surface area (Å²) in [5.41, 5.74) is 0.463. The van der Waals surface area contributed by atoms with Gasteiger partial charge in [0.25, 0.3) is 0 Å². The van der Waals surface area contributed by atoms with Gasteiger partial charge in [0.2, 0.25) is 0 Å². The molecule has 0 fully saturated rings. The molecule has 1 aromatic heterocycles. The van der Waals surface area contributed by atoms with E-state index >= 15 is 0 Å². The van der Waals surface area contributed by atoms with Crippen LogP contribution in [-0.4, -0.2) is 4.98 Å². The van der Waals surface area contributed by atoms with Gasteiger partial charge in [0.15, 0.2) is 0 Å². The molecule has 0 saturated heterocycles. The van der Waals surface area contributed by atoms with Crippen molar-refractivity contribution < 1.29 is 0 Å². The van der Waals surface area contributed by atoms with Crippen molar-refractivity contribution in [3.05, 3.63) is 40.6 Å². The average Bonchev–Trinajstić information content (AvgIpc) is 2.16. The number of rotatable bonds is 0. The third-order valence-corrected chi connectivity index (χ3v) is 2.22. The van der Waals surface area contributed by atoms with Crippen LogP contribution in [0.25, 0.3) is 10.8 Å². The van der Waals surface area contributed by atoms with E-state index in [1.165, 1.54) is 0 Å². The standard InChI is InChI=1S/C10H5BrN2/c11-10-5-7-3-1-2-4-8(7)9(6-12)13-10/h1-5H. The second kappa shape index (κ2) is 3.15. The molecular formula is C10H5BrN2. The van der Waals surface area contributed by atoms with E-state index in [0.29, 0.717) is 10.3 Å². The number of halogens is 1. The Hall–Kier alpha value is -1.40. The fraction of sp³-hybridized carbons (Fsp3) is 0. The van der Waals surface area contributed by atoms with E-state index in [4.69, 9.17) is 5.26 Å². The van der Waals surface area contributed by atoms with Crippen molar-refractivity contribution in [2.75, 3.05) is 0 Å². The van der Waals surface area contributed by atoms with Gasteiger partial charge in [-0.05, 0) is 27.4 Å². The minimum atomic E-state index is 0.463. The molecular weight excluding hydrogens is 228 g/mol. The maximum Gasteiger partial charge on any atom is 0.149 e. The first-order chi connectivity index (χ1) is 6.31. The van der Waals surface area contributed by atoms with Crippen LogP contribution in [0.1, 0.15) is 5.69 Å². The Morgan fingerprint density at radius 2 is 2.08 bits per heavy atom. The van der Waals surface area contributed by atoms with Gasteiger partial charge in [-0.15, -0.1) is 0 Å². The monoisotopic (exact) mass is 232 g/mol. The van der Waals surface area contributed by atoms with Gasteiger partial charge in [-0.2, -0.15) is 5.26 Å². The van der Waals surface area contributed by atoms with Crippen LogP contribution in [0.4, 0.5) is 0 Å². The Morgan fingerprint density at radius 1 is 1.31 bits per heavy atom. The van der Waals surface area contributed by atoms with Crippen molar-refractivity contribution in [1.82, 2.24) is 4.98 Å². The summed E-state index contributed by atoms with van der Waals surface area (Å²) in [6, 6.07) is 11.7. The lowest BCUT2D eigenvalue weighted by Crippen LogP contribution is -1.85. The van der Waals surface area contributed by atoms with E-state index in [9.17, 15) is 0 Å².